The molecular weight excluding hydrogens is 362 g/mol. The largest absolute Gasteiger partial charge is 0.323 e. The number of hydrogen-bond donors (Lipinski definition) is 1. The van der Waals surface area contributed by atoms with E-state index in [9.17, 15) is 14.4 Å². The van der Waals surface area contributed by atoms with Crippen LogP contribution >= 0.6 is 11.8 Å². The summed E-state index contributed by atoms with van der Waals surface area (Å²) < 4.78 is 0. The SMILES string of the molecule is CSc1ccc(NC(=O)C(CC(C)C)N2C(=O)c3ccccc3C2=O)cn1. The fourth-order valence-corrected chi connectivity index (χ4v) is 3.43. The minimum atomic E-state index is -0.877. The molecule has 3 amide bonds. The average Bonchev–Trinajstić information content (AvgIpc) is 2.91. The normalized spacial score (nSPS) is 14.4. The molecule has 6 nitrogen and oxygen atoms in total. The van der Waals surface area contributed by atoms with Crippen LogP contribution in [-0.4, -0.2) is 39.9 Å². The van der Waals surface area contributed by atoms with Crippen molar-refractivity contribution < 1.29 is 14.4 Å². The van der Waals surface area contributed by atoms with E-state index in [1.807, 2.05) is 20.1 Å². The van der Waals surface area contributed by atoms with Crippen LogP contribution in [0.5, 0.6) is 0 Å². The molecule has 1 aromatic carbocycles. The Morgan fingerprint density at radius 3 is 2.22 bits per heavy atom. The van der Waals surface area contributed by atoms with Crippen molar-refractivity contribution in [2.75, 3.05) is 11.6 Å². The predicted octanol–water partition coefficient (Wildman–Crippen LogP) is 3.45. The first kappa shape index (κ1) is 19.1. The molecule has 1 aromatic heterocycles. The van der Waals surface area contributed by atoms with E-state index in [0.717, 1.165) is 9.93 Å². The summed E-state index contributed by atoms with van der Waals surface area (Å²) in [6.07, 6.45) is 3.87. The first-order valence-corrected chi connectivity index (χ1v) is 9.92. The topological polar surface area (TPSA) is 79.4 Å². The maximum absolute atomic E-state index is 12.9. The van der Waals surface area contributed by atoms with Crippen LogP contribution in [0.3, 0.4) is 0 Å². The summed E-state index contributed by atoms with van der Waals surface area (Å²) in [7, 11) is 0. The van der Waals surface area contributed by atoms with E-state index in [-0.39, 0.29) is 5.92 Å². The second kappa shape index (κ2) is 7.92. The Labute approximate surface area is 162 Å². The highest BCUT2D eigenvalue weighted by atomic mass is 32.2. The van der Waals surface area contributed by atoms with Gasteiger partial charge in [-0.25, -0.2) is 4.98 Å². The van der Waals surface area contributed by atoms with Crippen molar-refractivity contribution >= 4 is 35.2 Å². The third-order valence-corrected chi connectivity index (χ3v) is 5.01. The minimum Gasteiger partial charge on any atom is -0.323 e. The number of imide groups is 1. The third-order valence-electron chi connectivity index (χ3n) is 4.35. The van der Waals surface area contributed by atoms with Crippen molar-refractivity contribution in [3.8, 4) is 0 Å². The molecule has 2 aromatic rings. The van der Waals surface area contributed by atoms with Gasteiger partial charge in [0.05, 0.1) is 28.0 Å². The molecule has 1 atom stereocenters. The zero-order chi connectivity index (χ0) is 19.6. The van der Waals surface area contributed by atoms with Crippen molar-refractivity contribution in [3.63, 3.8) is 0 Å². The number of carbonyl (C=O) groups excluding carboxylic acids is 3. The third kappa shape index (κ3) is 3.88. The van der Waals surface area contributed by atoms with Crippen LogP contribution < -0.4 is 5.32 Å². The molecule has 2 heterocycles. The summed E-state index contributed by atoms with van der Waals surface area (Å²) in [5, 5.41) is 3.63. The minimum absolute atomic E-state index is 0.127. The summed E-state index contributed by atoms with van der Waals surface area (Å²) in [6.45, 7) is 3.90. The second-order valence-electron chi connectivity index (χ2n) is 6.75. The summed E-state index contributed by atoms with van der Waals surface area (Å²) in [5.41, 5.74) is 1.22. The first-order valence-electron chi connectivity index (χ1n) is 8.70. The summed E-state index contributed by atoms with van der Waals surface area (Å²) in [5.74, 6) is -1.11. The number of nitrogens with one attached hydrogen (secondary N) is 1. The summed E-state index contributed by atoms with van der Waals surface area (Å²) in [4.78, 5) is 43.8. The van der Waals surface area contributed by atoms with E-state index >= 15 is 0 Å². The standard InChI is InChI=1S/C20H21N3O3S/c1-12(2)10-16(18(24)22-13-8-9-17(27-3)21-11-13)23-19(25)14-6-4-5-7-15(14)20(23)26/h4-9,11-12,16H,10H2,1-3H3,(H,22,24). The summed E-state index contributed by atoms with van der Waals surface area (Å²) >= 11 is 1.50. The molecule has 1 N–H and O–H groups in total. The van der Waals surface area contributed by atoms with Crippen molar-refractivity contribution in [1.82, 2.24) is 9.88 Å². The maximum atomic E-state index is 12.9. The number of benzene rings is 1. The number of anilines is 1. The van der Waals surface area contributed by atoms with Gasteiger partial charge in [0.25, 0.3) is 11.8 Å². The number of carbonyl (C=O) groups is 3. The lowest BCUT2D eigenvalue weighted by Crippen LogP contribution is -2.47. The van der Waals surface area contributed by atoms with Crippen molar-refractivity contribution in [2.24, 2.45) is 5.92 Å². The van der Waals surface area contributed by atoms with Gasteiger partial charge in [0.2, 0.25) is 5.91 Å². The highest BCUT2D eigenvalue weighted by Crippen LogP contribution is 2.27. The number of rotatable bonds is 6. The molecule has 1 unspecified atom stereocenters. The lowest BCUT2D eigenvalue weighted by molar-refractivity contribution is -0.120. The van der Waals surface area contributed by atoms with Gasteiger partial charge in [-0.3, -0.25) is 19.3 Å². The Morgan fingerprint density at radius 2 is 1.74 bits per heavy atom. The van der Waals surface area contributed by atoms with Gasteiger partial charge in [-0.1, -0.05) is 26.0 Å². The van der Waals surface area contributed by atoms with E-state index in [1.165, 1.54) is 11.8 Å². The monoisotopic (exact) mass is 383 g/mol. The van der Waals surface area contributed by atoms with Gasteiger partial charge in [-0.05, 0) is 42.9 Å². The number of fused-ring (bicyclic) bond motifs is 1. The number of hydrogen-bond acceptors (Lipinski definition) is 5. The highest BCUT2D eigenvalue weighted by Gasteiger charge is 2.42. The number of pyridine rings is 1. The molecule has 0 radical (unpaired) electrons. The van der Waals surface area contributed by atoms with Crippen molar-refractivity contribution in [2.45, 2.75) is 31.3 Å². The van der Waals surface area contributed by atoms with Crippen molar-refractivity contribution in [3.05, 3.63) is 53.7 Å². The van der Waals surface area contributed by atoms with E-state index in [4.69, 9.17) is 0 Å². The predicted molar refractivity (Wildman–Crippen MR) is 105 cm³/mol. The molecule has 1 aliphatic heterocycles. The van der Waals surface area contributed by atoms with Crippen LogP contribution in [0.25, 0.3) is 0 Å². The quantitative estimate of drug-likeness (QED) is 0.610. The molecule has 27 heavy (non-hydrogen) atoms. The zero-order valence-electron chi connectivity index (χ0n) is 15.4. The molecule has 0 saturated heterocycles. The molecule has 7 heteroatoms. The van der Waals surface area contributed by atoms with Crippen LogP contribution in [0.4, 0.5) is 5.69 Å². The van der Waals surface area contributed by atoms with E-state index in [1.54, 1.807) is 42.6 Å². The van der Waals surface area contributed by atoms with Crippen LogP contribution in [-0.2, 0) is 4.79 Å². The van der Waals surface area contributed by atoms with E-state index in [2.05, 4.69) is 10.3 Å². The Bertz CT molecular complexity index is 845. The van der Waals surface area contributed by atoms with Crippen LogP contribution in [0, 0.1) is 5.92 Å². The van der Waals surface area contributed by atoms with Gasteiger partial charge in [-0.15, -0.1) is 11.8 Å². The van der Waals surface area contributed by atoms with Crippen LogP contribution in [0.15, 0.2) is 47.6 Å². The lowest BCUT2D eigenvalue weighted by Gasteiger charge is -2.26. The van der Waals surface area contributed by atoms with Gasteiger partial charge < -0.3 is 5.32 Å². The van der Waals surface area contributed by atoms with Gasteiger partial charge in [-0.2, -0.15) is 0 Å². The van der Waals surface area contributed by atoms with E-state index < -0.39 is 23.8 Å². The lowest BCUT2D eigenvalue weighted by atomic mass is 10.0. The molecule has 140 valence electrons. The number of nitrogens with zero attached hydrogens (tertiary/aromatic N) is 2. The Balaban J connectivity index is 1.86. The summed E-state index contributed by atoms with van der Waals surface area (Å²) in [6, 6.07) is 9.34. The molecule has 1 aliphatic rings. The van der Waals surface area contributed by atoms with E-state index in [0.29, 0.717) is 23.2 Å². The number of thioether (sulfide) groups is 1. The first-order chi connectivity index (χ1) is 12.9. The van der Waals surface area contributed by atoms with Gasteiger partial charge >= 0.3 is 0 Å². The molecule has 0 fully saturated rings. The molecule has 3 rings (SSSR count). The molecule has 0 aliphatic carbocycles. The smallest absolute Gasteiger partial charge is 0.262 e. The van der Waals surface area contributed by atoms with Crippen LogP contribution in [0.2, 0.25) is 0 Å². The van der Waals surface area contributed by atoms with Gasteiger partial charge in [0, 0.05) is 0 Å². The van der Waals surface area contributed by atoms with Gasteiger partial charge in [0.1, 0.15) is 6.04 Å². The Hall–Kier alpha value is -2.67. The van der Waals surface area contributed by atoms with Crippen molar-refractivity contribution in [1.29, 1.82) is 0 Å². The number of aromatic nitrogens is 1. The molecule has 0 spiro atoms. The fraction of sp³-hybridized carbons (Fsp3) is 0.300. The highest BCUT2D eigenvalue weighted by molar-refractivity contribution is 7.98. The molecular formula is C20H21N3O3S. The maximum Gasteiger partial charge on any atom is 0.262 e. The fourth-order valence-electron chi connectivity index (χ4n) is 3.07. The van der Waals surface area contributed by atoms with Gasteiger partial charge in [0.15, 0.2) is 0 Å². The van der Waals surface area contributed by atoms with Crippen LogP contribution in [0.1, 0.15) is 41.0 Å². The Morgan fingerprint density at radius 1 is 1.11 bits per heavy atom. The average molecular weight is 383 g/mol. The zero-order valence-corrected chi connectivity index (χ0v) is 16.2. The second-order valence-corrected chi connectivity index (χ2v) is 7.58. The Kier molecular flexibility index (Phi) is 5.60. The molecule has 0 saturated carbocycles. The number of amides is 3. The molecule has 0 bridgehead atoms.